The summed E-state index contributed by atoms with van der Waals surface area (Å²) < 4.78 is 78.2. The normalized spacial score (nSPS) is 12.8. The fourth-order valence-corrected chi connectivity index (χ4v) is 8.32. The number of rotatable bonds is 49. The number of aliphatic hydroxyl groups excluding tert-OH is 1. The molecule has 0 bridgehead atoms. The van der Waals surface area contributed by atoms with Crippen LogP contribution in [-0.4, -0.2) is 250 Å². The molecule has 0 aliphatic carbocycles. The van der Waals surface area contributed by atoms with Crippen molar-refractivity contribution >= 4 is 43.2 Å². The Bertz CT molecular complexity index is 1860. The van der Waals surface area contributed by atoms with Gasteiger partial charge in [0, 0.05) is 45.7 Å². The van der Waals surface area contributed by atoms with E-state index in [2.05, 4.69) is 73.2 Å². The molecule has 3 amide bonds. The summed E-state index contributed by atoms with van der Waals surface area (Å²) in [6.45, 7) is 15.1. The van der Waals surface area contributed by atoms with Crippen LogP contribution in [0.15, 0.2) is 36.5 Å². The van der Waals surface area contributed by atoms with Gasteiger partial charge in [0.25, 0.3) is 0 Å². The van der Waals surface area contributed by atoms with Gasteiger partial charge in [-0.25, -0.2) is 16.8 Å². The van der Waals surface area contributed by atoms with Crippen LogP contribution in [0.2, 0.25) is 0 Å². The molecule has 0 aromatic heterocycles. The van der Waals surface area contributed by atoms with E-state index in [1.807, 2.05) is 28.2 Å². The average Bonchev–Trinajstić information content (AvgIpc) is 3.33. The molecular weight excluding hydrogens is 1060 g/mol. The Morgan fingerprint density at radius 3 is 1.13 bits per heavy atom. The van der Waals surface area contributed by atoms with E-state index in [9.17, 15) is 41.1 Å². The number of allylic oxidation sites excluding steroid dienone is 6. The van der Waals surface area contributed by atoms with Crippen molar-refractivity contribution < 1.29 is 83.0 Å². The molecule has 79 heavy (non-hydrogen) atoms. The molecule has 0 aliphatic rings. The van der Waals surface area contributed by atoms with Crippen LogP contribution in [0.25, 0.3) is 0 Å². The van der Waals surface area contributed by atoms with Crippen LogP contribution in [0, 0.1) is 0 Å². The standard InChI is InChI=1S/C19H38N2O6S.C19H38N2O5S.C18H34N2O4/c1-5-6-7-8-9-10-11-26-12-13-27-15-19(23)20-17-21(2,3)14-18(22)16-28(4,24)25;1-5-6-7-8-9-10-13-25-14-15-26-17-19(22)20-18-21(2,3)12-11-16-27(4,23)24;1-5-6-7-8-9-10-11-23-12-13-24-15-18(22)19-16-20(3,4)14-17(2)21/h7-8,18,22H,5-6,9-17H2,1-4H3;7-8H,5-6,9-18H2,1-4H3;7-8H,5-6,9-16H2,1-4H3/p+3/b3*8-7-. The maximum atomic E-state index is 11.8. The first kappa shape index (κ1) is 80.0. The number of ketones is 1. The van der Waals surface area contributed by atoms with Crippen LogP contribution in [0.4, 0.5) is 0 Å². The van der Waals surface area contributed by atoms with Gasteiger partial charge in [0.2, 0.25) is 17.7 Å². The van der Waals surface area contributed by atoms with Gasteiger partial charge in [0.1, 0.15) is 58.7 Å². The molecule has 0 rings (SSSR count). The van der Waals surface area contributed by atoms with Gasteiger partial charge in [-0.1, -0.05) is 76.5 Å². The molecule has 1 atom stereocenters. The summed E-state index contributed by atoms with van der Waals surface area (Å²) in [6.07, 6.45) is 28.0. The Balaban J connectivity index is -0.00000110. The average molecular weight is 1170 g/mol. The van der Waals surface area contributed by atoms with E-state index in [1.54, 1.807) is 21.0 Å². The Hall–Kier alpha value is -3.20. The number of ether oxygens (including phenoxy) is 6. The largest absolute Gasteiger partial charge is 0.386 e. The van der Waals surface area contributed by atoms with Gasteiger partial charge < -0.3 is 62.9 Å². The van der Waals surface area contributed by atoms with Crippen molar-refractivity contribution in [3.63, 3.8) is 0 Å². The van der Waals surface area contributed by atoms with Gasteiger partial charge >= 0.3 is 0 Å². The van der Waals surface area contributed by atoms with Gasteiger partial charge in [-0.2, -0.15) is 0 Å². The molecule has 21 nitrogen and oxygen atoms in total. The predicted molar refractivity (Wildman–Crippen MR) is 315 cm³/mol. The Kier molecular flexibility index (Phi) is 51.2. The van der Waals surface area contributed by atoms with E-state index < -0.39 is 25.8 Å². The fourth-order valence-electron chi connectivity index (χ4n) is 6.86. The quantitative estimate of drug-likeness (QED) is 0.0286. The van der Waals surface area contributed by atoms with Crippen molar-refractivity contribution in [1.29, 1.82) is 0 Å². The molecule has 0 heterocycles. The van der Waals surface area contributed by atoms with E-state index in [-0.39, 0.29) is 72.5 Å². The summed E-state index contributed by atoms with van der Waals surface area (Å²) in [5.41, 5.74) is 0. The van der Waals surface area contributed by atoms with Gasteiger partial charge in [-0.05, 0) is 57.8 Å². The highest BCUT2D eigenvalue weighted by molar-refractivity contribution is 7.90. The van der Waals surface area contributed by atoms with Gasteiger partial charge in [0.15, 0.2) is 25.8 Å². The number of aliphatic hydroxyl groups is 1. The molecule has 0 fully saturated rings. The summed E-state index contributed by atoms with van der Waals surface area (Å²) >= 11 is 0. The molecule has 0 aromatic rings. The smallest absolute Gasteiger partial charge is 0.250 e. The Morgan fingerprint density at radius 2 is 0.797 bits per heavy atom. The molecule has 0 saturated heterocycles. The van der Waals surface area contributed by atoms with Crippen LogP contribution >= 0.6 is 0 Å². The number of nitrogens with zero attached hydrogens (tertiary/aromatic N) is 3. The Labute approximate surface area is 479 Å². The third-order valence-corrected chi connectivity index (χ3v) is 12.9. The highest BCUT2D eigenvalue weighted by Gasteiger charge is 2.24. The van der Waals surface area contributed by atoms with Crippen LogP contribution < -0.4 is 16.0 Å². The van der Waals surface area contributed by atoms with Gasteiger partial charge in [-0.3, -0.25) is 19.2 Å². The summed E-state index contributed by atoms with van der Waals surface area (Å²) in [6, 6.07) is 0. The molecule has 0 saturated carbocycles. The second-order valence-corrected chi connectivity index (χ2v) is 26.2. The van der Waals surface area contributed by atoms with Gasteiger partial charge in [-0.15, -0.1) is 0 Å². The van der Waals surface area contributed by atoms with E-state index in [0.29, 0.717) is 101 Å². The summed E-state index contributed by atoms with van der Waals surface area (Å²) in [5.74, 6) is -0.633. The fraction of sp³-hybridized carbons (Fsp3) is 0.821. The number of hydrogen-bond acceptors (Lipinski definition) is 15. The Morgan fingerprint density at radius 1 is 0.468 bits per heavy atom. The lowest BCUT2D eigenvalue weighted by atomic mass is 10.2. The van der Waals surface area contributed by atoms with Crippen LogP contribution in [0.3, 0.4) is 0 Å². The highest BCUT2D eigenvalue weighted by atomic mass is 32.2. The van der Waals surface area contributed by atoms with E-state index >= 15 is 0 Å². The molecule has 0 aromatic carbocycles. The van der Waals surface area contributed by atoms with Crippen LogP contribution in [-0.2, 0) is 67.3 Å². The maximum Gasteiger partial charge on any atom is 0.250 e. The molecular formula is C56H113N6O15S2+3. The number of carbonyl (C=O) groups is 4. The first-order chi connectivity index (χ1) is 37.1. The molecule has 4 N–H and O–H groups in total. The maximum absolute atomic E-state index is 11.8. The van der Waals surface area contributed by atoms with Crippen molar-refractivity contribution in [3.8, 4) is 0 Å². The van der Waals surface area contributed by atoms with Crippen LogP contribution in [0.5, 0.6) is 0 Å². The number of nitrogens with one attached hydrogen (secondary N) is 3. The van der Waals surface area contributed by atoms with Crippen LogP contribution in [0.1, 0.15) is 111 Å². The summed E-state index contributed by atoms with van der Waals surface area (Å²) in [4.78, 5) is 46.4. The first-order valence-corrected chi connectivity index (χ1v) is 32.4. The monoisotopic (exact) mass is 1170 g/mol. The molecule has 466 valence electrons. The number of unbranched alkanes of at least 4 members (excludes halogenated alkanes) is 6. The first-order valence-electron chi connectivity index (χ1n) is 28.3. The van der Waals surface area contributed by atoms with E-state index in [1.165, 1.54) is 25.5 Å². The third-order valence-electron chi connectivity index (χ3n) is 10.9. The van der Waals surface area contributed by atoms with E-state index in [4.69, 9.17) is 28.4 Å². The van der Waals surface area contributed by atoms with Gasteiger partial charge in [0.05, 0.1) is 100.0 Å². The van der Waals surface area contributed by atoms with E-state index in [0.717, 1.165) is 64.0 Å². The second kappa shape index (κ2) is 50.5. The minimum absolute atomic E-state index is 0.00640. The molecule has 1 unspecified atom stereocenters. The number of sulfone groups is 2. The topological polar surface area (TPSA) is 248 Å². The van der Waals surface area contributed by atoms with Crippen molar-refractivity contribution in [2.45, 2.75) is 117 Å². The number of amides is 3. The minimum atomic E-state index is -3.24. The number of likely N-dealkylation sites (N-methyl/N-ethyl adjacent to an activating group) is 2. The zero-order valence-corrected chi connectivity index (χ0v) is 52.8. The molecule has 0 spiro atoms. The lowest BCUT2D eigenvalue weighted by molar-refractivity contribution is -0.894. The lowest BCUT2D eigenvalue weighted by Crippen LogP contribution is -2.53. The lowest BCUT2D eigenvalue weighted by Gasteiger charge is -2.31. The molecule has 0 aliphatic heterocycles. The van der Waals surface area contributed by atoms with Crippen molar-refractivity contribution in [1.82, 2.24) is 16.0 Å². The van der Waals surface area contributed by atoms with Crippen molar-refractivity contribution in [2.24, 2.45) is 0 Å². The third kappa shape index (κ3) is 67.2. The zero-order chi connectivity index (χ0) is 60.3. The number of Topliss-reactive ketones (excluding diaryl/α,β-unsaturated/α-hetero) is 1. The van der Waals surface area contributed by atoms with Crippen molar-refractivity contribution in [2.75, 3.05) is 185 Å². The molecule has 23 heteroatoms. The summed E-state index contributed by atoms with van der Waals surface area (Å²) in [5, 5.41) is 18.2. The number of quaternary nitrogens is 3. The highest BCUT2D eigenvalue weighted by Crippen LogP contribution is 2.03. The summed E-state index contributed by atoms with van der Waals surface area (Å²) in [7, 11) is 5.13. The second-order valence-electron chi connectivity index (χ2n) is 21.8. The SMILES string of the molecule is CCC/C=C\CCCOCCOCC(=O)NC[N+](C)(C)CC(C)=O.CCC/C=C\CCCOCCOCC(=O)NC[N+](C)(C)CC(O)CS(C)(=O)=O.CCC/C=C\CCCOCCOCC(=O)NC[N+](C)(C)CCCS(C)(=O)=O. The van der Waals surface area contributed by atoms with Crippen molar-refractivity contribution in [3.05, 3.63) is 36.5 Å². The predicted octanol–water partition coefficient (Wildman–Crippen LogP) is 4.35. The zero-order valence-electron chi connectivity index (χ0n) is 51.2. The number of hydrogen-bond donors (Lipinski definition) is 4. The number of carbonyl (C=O) groups excluding carboxylic acids is 4. The molecule has 0 radical (unpaired) electrons. The minimum Gasteiger partial charge on any atom is -0.386 e.